The monoisotopic (exact) mass is 1720 g/mol. The van der Waals surface area contributed by atoms with Crippen LogP contribution in [0.5, 0.6) is 0 Å². The maximum Gasteiger partial charge on any atom is 0 e. The Kier molecular flexibility index (Phi) is 36.2. The summed E-state index contributed by atoms with van der Waals surface area (Å²) in [6.45, 7) is 0. The fourth-order valence-corrected chi connectivity index (χ4v) is 22.9. The van der Waals surface area contributed by atoms with E-state index in [2.05, 4.69) is 365 Å². The summed E-state index contributed by atoms with van der Waals surface area (Å²) < 4.78 is -4.09. The first-order valence-electron chi connectivity index (χ1n) is 26.1. The van der Waals surface area contributed by atoms with Gasteiger partial charge in [-0.05, 0) is 0 Å². The minimum absolute atomic E-state index is 0. The van der Waals surface area contributed by atoms with Gasteiger partial charge < -0.3 is 0 Å². The summed E-state index contributed by atoms with van der Waals surface area (Å²) in [5.41, 5.74) is 11.5. The van der Waals surface area contributed by atoms with Crippen LogP contribution in [0.2, 0.25) is 0 Å². The van der Waals surface area contributed by atoms with Crippen molar-refractivity contribution in [3.63, 3.8) is 0 Å². The van der Waals surface area contributed by atoms with Crippen molar-refractivity contribution in [2.75, 3.05) is 49.3 Å². The smallest absolute Gasteiger partial charge is 0 e. The van der Waals surface area contributed by atoms with Crippen molar-refractivity contribution >= 4 is 163 Å². The zero-order chi connectivity index (χ0) is 54.2. The average molecular weight is 1720 g/mol. The Hall–Kier alpha value is 0.435. The molecule has 0 amide bonds. The van der Waals surface area contributed by atoms with Crippen LogP contribution in [0.15, 0.2) is 243 Å². The second-order valence-electron chi connectivity index (χ2n) is 18.9. The van der Waals surface area contributed by atoms with Crippen LogP contribution in [0, 0.1) is 0 Å². The minimum Gasteiger partial charge on any atom is 0 e. The number of hydrogen-bond donors (Lipinski definition) is 0. The fraction of sp³-hybridized carbons (Fsp3) is 0.250. The molecule has 0 aliphatic heterocycles. The van der Waals surface area contributed by atoms with E-state index in [0.717, 1.165) is 0 Å². The molecule has 0 saturated carbocycles. The van der Waals surface area contributed by atoms with Crippen molar-refractivity contribution in [3.8, 4) is 0 Å². The predicted molar refractivity (Wildman–Crippen MR) is 360 cm³/mol. The number of benzene rings is 8. The molecule has 0 aliphatic rings. The Morgan fingerprint density at radius 1 is 0.182 bits per heavy atom. The summed E-state index contributed by atoms with van der Waals surface area (Å²) >= 11 is 27.6. The Balaban J connectivity index is 0.000000221. The van der Waals surface area contributed by atoms with Crippen LogP contribution in [-0.4, -0.2) is 196 Å². The van der Waals surface area contributed by atoms with Crippen molar-refractivity contribution < 1.29 is 0 Å². The van der Waals surface area contributed by atoms with Gasteiger partial charge in [0.2, 0.25) is 0 Å². The zero-order valence-electron chi connectivity index (χ0n) is 44.0. The van der Waals surface area contributed by atoms with Gasteiger partial charge in [-0.15, -0.1) is 0 Å². The van der Waals surface area contributed by atoms with Crippen LogP contribution in [-0.2, 0) is 51.4 Å². The van der Waals surface area contributed by atoms with Crippen molar-refractivity contribution in [3.05, 3.63) is 287 Å². The maximum atomic E-state index is 3.45. The molecule has 0 unspecified atom stereocenters. The molecule has 8 aromatic rings. The van der Waals surface area contributed by atoms with Crippen molar-refractivity contribution in [2.24, 2.45) is 0 Å². The van der Waals surface area contributed by atoms with Gasteiger partial charge in [-0.3, -0.25) is 0 Å². The molecule has 8 radical (unpaired) electrons. The molecule has 0 N–H and O–H groups in total. The summed E-state index contributed by atoms with van der Waals surface area (Å²) in [7, 11) is 0. The Bertz CT molecular complexity index is 2380. The van der Waals surface area contributed by atoms with E-state index in [1.165, 1.54) is 145 Å². The first-order chi connectivity index (χ1) is 36.6. The van der Waals surface area contributed by atoms with Crippen LogP contribution >= 0.6 is 16.8 Å². The third-order valence-corrected chi connectivity index (χ3v) is 38.3. The molecule has 0 atom stereocenters. The number of hydrogen-bond acceptors (Lipinski definition) is 0. The van der Waals surface area contributed by atoms with Gasteiger partial charge in [-0.2, -0.15) is 0 Å². The second kappa shape index (κ2) is 39.9. The second-order valence-corrected chi connectivity index (χ2v) is 78.3. The van der Waals surface area contributed by atoms with Gasteiger partial charge in [-0.1, -0.05) is 0 Å². The van der Waals surface area contributed by atoms with Crippen molar-refractivity contribution in [2.45, 2.75) is 51.4 Å². The molecule has 0 saturated heterocycles. The molecule has 0 heterocycles. The van der Waals surface area contributed by atoms with Crippen LogP contribution in [0.3, 0.4) is 0 Å². The van der Waals surface area contributed by atoms with E-state index in [9.17, 15) is 0 Å². The van der Waals surface area contributed by atoms with Gasteiger partial charge >= 0.3 is 527 Å². The van der Waals surface area contributed by atoms with Crippen LogP contribution in [0.4, 0.5) is 0 Å². The van der Waals surface area contributed by atoms with Gasteiger partial charge in [0.25, 0.3) is 0 Å². The fourth-order valence-electron chi connectivity index (χ4n) is 8.00. The molecule has 77 heavy (non-hydrogen) atoms. The topological polar surface area (TPSA) is 0 Å². The molecule has 0 fully saturated rings. The van der Waals surface area contributed by atoms with E-state index in [4.69, 9.17) is 0 Å². The summed E-state index contributed by atoms with van der Waals surface area (Å²) in [5, 5.41) is 0. The van der Waals surface area contributed by atoms with Gasteiger partial charge in [0.15, 0.2) is 0 Å². The van der Waals surface area contributed by atoms with E-state index < -0.39 is 16.8 Å². The molecule has 8 aromatic carbocycles. The molecule has 8 rings (SSSR count). The van der Waals surface area contributed by atoms with Crippen LogP contribution < -0.4 is 0 Å². The van der Waals surface area contributed by atoms with Gasteiger partial charge in [0.1, 0.15) is 0 Å². The summed E-state index contributed by atoms with van der Waals surface area (Å²) in [6, 6.07) is 86.1. The molecule has 0 spiro atoms. The first-order valence-corrected chi connectivity index (χ1v) is 52.5. The standard InChI is InChI=1S/4C16H18PSe2.Sn/c4*18-17(19,13-11-15-7-3-1-4-8-15)14-12-16-9-5-2-6-10-16;/h4*1-10H,11-14H2;. The number of aryl methyl sites for hydroxylation is 8. The third kappa shape index (κ3) is 33.5. The molecule has 0 bridgehead atoms. The number of rotatable bonds is 24. The molecular formula is C64H72P4Se8Sn. The third-order valence-electron chi connectivity index (χ3n) is 12.7. The van der Waals surface area contributed by atoms with Crippen LogP contribution in [0.25, 0.3) is 0 Å². The molecule has 400 valence electrons. The molecule has 0 nitrogen and oxygen atoms in total. The largest absolute Gasteiger partial charge is 0 e. The van der Waals surface area contributed by atoms with Gasteiger partial charge in [-0.25, -0.2) is 0 Å². The van der Waals surface area contributed by atoms with Crippen molar-refractivity contribution in [1.29, 1.82) is 0 Å². The van der Waals surface area contributed by atoms with Gasteiger partial charge in [0, 0.05) is 23.9 Å². The van der Waals surface area contributed by atoms with Gasteiger partial charge in [0.05, 0.1) is 0 Å². The summed E-state index contributed by atoms with van der Waals surface area (Å²) in [5.74, 6) is 0. The maximum absolute atomic E-state index is 3.45. The molecule has 0 aliphatic carbocycles. The van der Waals surface area contributed by atoms with E-state index in [1.807, 2.05) is 0 Å². The van der Waals surface area contributed by atoms with Crippen LogP contribution in [0.1, 0.15) is 44.5 Å². The molecule has 13 heteroatoms. The minimum atomic E-state index is -1.02. The summed E-state index contributed by atoms with van der Waals surface area (Å²) in [6.07, 6.45) is 19.4. The van der Waals surface area contributed by atoms with E-state index >= 15 is 0 Å². The predicted octanol–water partition coefficient (Wildman–Crippen LogP) is 14.2. The Labute approximate surface area is 544 Å². The first kappa shape index (κ1) is 69.9. The quantitative estimate of drug-likeness (QED) is 0.0418. The van der Waals surface area contributed by atoms with Crippen molar-refractivity contribution in [1.82, 2.24) is 0 Å². The molecule has 0 aromatic heterocycles. The normalized spacial score (nSPS) is 11.3. The zero-order valence-corrected chi connectivity index (χ0v) is 64.1. The Morgan fingerprint density at radius 2 is 0.273 bits per heavy atom. The van der Waals surface area contributed by atoms with E-state index in [0.29, 0.717) is 0 Å². The van der Waals surface area contributed by atoms with E-state index in [1.54, 1.807) is 0 Å². The van der Waals surface area contributed by atoms with E-state index in [-0.39, 0.29) is 23.9 Å². The average Bonchev–Trinajstić information content (AvgIpc) is 3.46. The SMILES string of the molecule is [Se]P(=[Se])(CCc1ccccc1)CCc1ccccc1.[Se]P(=[Se])(CCc1ccccc1)CCc1ccccc1.[Se]P(=[Se])(CCc1ccccc1)CCc1ccccc1.[Se]P(=[Se])(CCc1ccccc1)CCc1ccccc1.[Sn]. The molecular weight excluding hydrogens is 1640 g/mol. The summed E-state index contributed by atoms with van der Waals surface area (Å²) in [4.78, 5) is 0. The Morgan fingerprint density at radius 3 is 0.364 bits per heavy atom.